The maximum absolute atomic E-state index is 10.2. The quantitative estimate of drug-likeness (QED) is 0.813. The van der Waals surface area contributed by atoms with Crippen LogP contribution < -0.4 is 4.74 Å². The molecule has 17 heavy (non-hydrogen) atoms. The van der Waals surface area contributed by atoms with Gasteiger partial charge in [-0.2, -0.15) is 0 Å². The van der Waals surface area contributed by atoms with Crippen LogP contribution in [-0.2, 0) is 0 Å². The molecule has 1 aromatic rings. The number of rotatable bonds is 4. The second-order valence-electron chi connectivity index (χ2n) is 4.42. The molecule has 0 saturated heterocycles. The Labute approximate surface area is 102 Å². The van der Waals surface area contributed by atoms with E-state index >= 15 is 0 Å². The van der Waals surface area contributed by atoms with Gasteiger partial charge in [0.1, 0.15) is 17.5 Å². The average molecular weight is 233 g/mol. The molecule has 0 bridgehead atoms. The first-order chi connectivity index (χ1) is 8.31. The number of ether oxygens (including phenoxy) is 1. The van der Waals surface area contributed by atoms with E-state index in [4.69, 9.17) is 4.74 Å². The Morgan fingerprint density at radius 3 is 3.06 bits per heavy atom. The van der Waals surface area contributed by atoms with Crippen molar-refractivity contribution in [3.63, 3.8) is 0 Å². The van der Waals surface area contributed by atoms with Gasteiger partial charge >= 0.3 is 0 Å². The predicted octanol–water partition coefficient (Wildman–Crippen LogP) is 3.01. The van der Waals surface area contributed by atoms with E-state index < -0.39 is 6.10 Å². The number of hydrogen-bond donors (Lipinski definition) is 1. The first-order valence-corrected chi connectivity index (χ1v) is 6.16. The molecule has 0 aromatic carbocycles. The lowest BCUT2D eigenvalue weighted by molar-refractivity contribution is 0.167. The van der Waals surface area contributed by atoms with Crippen LogP contribution in [0.25, 0.3) is 0 Å². The van der Waals surface area contributed by atoms with Gasteiger partial charge < -0.3 is 9.84 Å². The van der Waals surface area contributed by atoms with Crippen LogP contribution in [0.2, 0.25) is 0 Å². The normalized spacial score (nSPS) is 17.4. The van der Waals surface area contributed by atoms with Crippen molar-refractivity contribution in [1.82, 2.24) is 4.98 Å². The summed E-state index contributed by atoms with van der Waals surface area (Å²) >= 11 is 0. The van der Waals surface area contributed by atoms with Crippen molar-refractivity contribution < 1.29 is 9.84 Å². The van der Waals surface area contributed by atoms with Gasteiger partial charge in [-0.15, -0.1) is 0 Å². The van der Waals surface area contributed by atoms with Crippen molar-refractivity contribution in [1.29, 1.82) is 0 Å². The molecule has 0 spiro atoms. The van der Waals surface area contributed by atoms with Crippen LogP contribution in [0.4, 0.5) is 0 Å². The maximum atomic E-state index is 10.2. The molecule has 3 nitrogen and oxygen atoms in total. The van der Waals surface area contributed by atoms with Crippen LogP contribution in [0.3, 0.4) is 0 Å². The van der Waals surface area contributed by atoms with Crippen LogP contribution in [0.5, 0.6) is 5.75 Å². The molecule has 0 aliphatic heterocycles. The molecule has 1 atom stereocenters. The first kappa shape index (κ1) is 12.1. The molecule has 1 aromatic heterocycles. The Hall–Kier alpha value is -1.35. The number of allylic oxidation sites excluding steroid dienone is 1. The molecule has 1 aliphatic rings. The van der Waals surface area contributed by atoms with Crippen molar-refractivity contribution in [2.45, 2.75) is 38.2 Å². The molecule has 0 radical (unpaired) electrons. The Bertz CT molecular complexity index is 401. The van der Waals surface area contributed by atoms with Crippen LogP contribution in [0.15, 0.2) is 30.0 Å². The van der Waals surface area contributed by atoms with E-state index in [0.717, 1.165) is 12.8 Å². The topological polar surface area (TPSA) is 42.4 Å². The zero-order chi connectivity index (χ0) is 12.1. The number of pyridine rings is 1. The van der Waals surface area contributed by atoms with E-state index in [0.29, 0.717) is 17.9 Å². The third-order valence-corrected chi connectivity index (χ3v) is 3.18. The van der Waals surface area contributed by atoms with Gasteiger partial charge in [0.15, 0.2) is 0 Å². The van der Waals surface area contributed by atoms with Gasteiger partial charge in [0.2, 0.25) is 0 Å². The minimum atomic E-state index is -0.560. The van der Waals surface area contributed by atoms with Gasteiger partial charge in [-0.1, -0.05) is 11.6 Å². The monoisotopic (exact) mass is 233 g/mol. The highest BCUT2D eigenvalue weighted by Crippen LogP contribution is 2.30. The van der Waals surface area contributed by atoms with Crippen LogP contribution in [-0.4, -0.2) is 17.2 Å². The number of methoxy groups -OCH3 is 1. The van der Waals surface area contributed by atoms with Crippen molar-refractivity contribution in [3.05, 3.63) is 35.7 Å². The summed E-state index contributed by atoms with van der Waals surface area (Å²) in [5, 5.41) is 10.2. The Morgan fingerprint density at radius 2 is 2.35 bits per heavy atom. The third kappa shape index (κ3) is 3.07. The zero-order valence-electron chi connectivity index (χ0n) is 10.2. The standard InChI is InChI=1S/C14H19NO2/c1-17-13-8-5-9-15-14(13)12(16)10-11-6-3-2-4-7-11/h5-6,8-9,12,16H,2-4,7,10H2,1H3. The number of nitrogens with zero attached hydrogens (tertiary/aromatic N) is 1. The lowest BCUT2D eigenvalue weighted by atomic mass is 9.94. The SMILES string of the molecule is COc1cccnc1C(O)CC1=CCCCC1. The zero-order valence-corrected chi connectivity index (χ0v) is 10.2. The molecule has 1 N–H and O–H groups in total. The van der Waals surface area contributed by atoms with Gasteiger partial charge in [0.25, 0.3) is 0 Å². The van der Waals surface area contributed by atoms with Gasteiger partial charge in [-0.3, -0.25) is 4.98 Å². The largest absolute Gasteiger partial charge is 0.495 e. The predicted molar refractivity (Wildman–Crippen MR) is 66.9 cm³/mol. The number of aliphatic hydroxyl groups is 1. The van der Waals surface area contributed by atoms with Crippen molar-refractivity contribution in [2.75, 3.05) is 7.11 Å². The van der Waals surface area contributed by atoms with E-state index in [2.05, 4.69) is 11.1 Å². The maximum Gasteiger partial charge on any atom is 0.143 e. The fraction of sp³-hybridized carbons (Fsp3) is 0.500. The van der Waals surface area contributed by atoms with E-state index in [1.54, 1.807) is 13.3 Å². The van der Waals surface area contributed by atoms with Gasteiger partial charge in [-0.25, -0.2) is 0 Å². The Kier molecular flexibility index (Phi) is 4.15. The second kappa shape index (κ2) is 5.82. The molecule has 0 saturated carbocycles. The Balaban J connectivity index is 2.08. The van der Waals surface area contributed by atoms with Gasteiger partial charge in [-0.05, 0) is 37.8 Å². The van der Waals surface area contributed by atoms with E-state index in [1.807, 2.05) is 12.1 Å². The fourth-order valence-electron chi connectivity index (χ4n) is 2.26. The minimum absolute atomic E-state index is 0.560. The highest BCUT2D eigenvalue weighted by Gasteiger charge is 2.16. The van der Waals surface area contributed by atoms with Crippen molar-refractivity contribution in [2.24, 2.45) is 0 Å². The number of hydrogen-bond acceptors (Lipinski definition) is 3. The lowest BCUT2D eigenvalue weighted by Crippen LogP contribution is -2.05. The fourth-order valence-corrected chi connectivity index (χ4v) is 2.26. The van der Waals surface area contributed by atoms with Crippen molar-refractivity contribution >= 4 is 0 Å². The summed E-state index contributed by atoms with van der Waals surface area (Å²) in [4.78, 5) is 4.21. The number of aromatic nitrogens is 1. The Morgan fingerprint density at radius 1 is 1.47 bits per heavy atom. The summed E-state index contributed by atoms with van der Waals surface area (Å²) in [5.41, 5.74) is 1.98. The summed E-state index contributed by atoms with van der Waals surface area (Å²) in [6, 6.07) is 3.65. The molecule has 1 heterocycles. The lowest BCUT2D eigenvalue weighted by Gasteiger charge is -2.17. The van der Waals surface area contributed by atoms with Crippen LogP contribution in [0, 0.1) is 0 Å². The van der Waals surface area contributed by atoms with Crippen LogP contribution >= 0.6 is 0 Å². The molecule has 1 aliphatic carbocycles. The first-order valence-electron chi connectivity index (χ1n) is 6.16. The van der Waals surface area contributed by atoms with Gasteiger partial charge in [0, 0.05) is 12.6 Å². The number of aliphatic hydroxyl groups excluding tert-OH is 1. The van der Waals surface area contributed by atoms with Crippen LogP contribution in [0.1, 0.15) is 43.9 Å². The van der Waals surface area contributed by atoms with E-state index in [-0.39, 0.29) is 0 Å². The molecule has 1 unspecified atom stereocenters. The summed E-state index contributed by atoms with van der Waals surface area (Å²) in [5.74, 6) is 0.663. The smallest absolute Gasteiger partial charge is 0.143 e. The molecule has 0 amide bonds. The summed E-state index contributed by atoms with van der Waals surface area (Å²) in [6.45, 7) is 0. The van der Waals surface area contributed by atoms with E-state index in [1.165, 1.54) is 18.4 Å². The van der Waals surface area contributed by atoms with Gasteiger partial charge in [0.05, 0.1) is 7.11 Å². The molecular formula is C14H19NO2. The molecule has 0 fully saturated rings. The minimum Gasteiger partial charge on any atom is -0.495 e. The highest BCUT2D eigenvalue weighted by molar-refractivity contribution is 5.29. The van der Waals surface area contributed by atoms with Crippen molar-refractivity contribution in [3.8, 4) is 5.75 Å². The third-order valence-electron chi connectivity index (χ3n) is 3.18. The molecular weight excluding hydrogens is 214 g/mol. The second-order valence-corrected chi connectivity index (χ2v) is 4.42. The average Bonchev–Trinajstić information content (AvgIpc) is 2.40. The molecule has 92 valence electrons. The summed E-state index contributed by atoms with van der Waals surface area (Å²) in [6.07, 6.45) is 8.81. The molecule has 2 rings (SSSR count). The molecule has 3 heteroatoms. The van der Waals surface area contributed by atoms with E-state index in [9.17, 15) is 5.11 Å². The summed E-state index contributed by atoms with van der Waals surface area (Å²) in [7, 11) is 1.60. The summed E-state index contributed by atoms with van der Waals surface area (Å²) < 4.78 is 5.21. The highest BCUT2D eigenvalue weighted by atomic mass is 16.5.